The number of benzene rings is 1. The van der Waals surface area contributed by atoms with Gasteiger partial charge < -0.3 is 4.74 Å². The van der Waals surface area contributed by atoms with E-state index in [2.05, 4.69) is 25.6 Å². The fraction of sp³-hybridized carbons (Fsp3) is 0.143. The third-order valence-electron chi connectivity index (χ3n) is 1.30. The van der Waals surface area contributed by atoms with E-state index in [1.165, 1.54) is 3.71 Å². The lowest BCUT2D eigenvalue weighted by atomic mass is 10.3. The van der Waals surface area contributed by atoms with Crippen LogP contribution in [0.15, 0.2) is 24.3 Å². The van der Waals surface area contributed by atoms with Gasteiger partial charge in [0.2, 0.25) is 0 Å². The van der Waals surface area contributed by atoms with Crippen molar-refractivity contribution >= 4 is 31.3 Å². The summed E-state index contributed by atoms with van der Waals surface area (Å²) in [5.41, 5.74) is 0.914. The van der Waals surface area contributed by atoms with Crippen molar-refractivity contribution in [2.45, 2.75) is 0 Å². The van der Waals surface area contributed by atoms with Gasteiger partial charge in [0.1, 0.15) is 5.75 Å². The lowest BCUT2D eigenvalue weighted by Crippen LogP contribution is -1.91. The van der Waals surface area contributed by atoms with Gasteiger partial charge in [-0.15, -0.1) is 0 Å². The minimum absolute atomic E-state index is 0.831. The molecule has 0 heterocycles. The fourth-order valence-electron chi connectivity index (χ4n) is 0.716. The van der Waals surface area contributed by atoms with Crippen LogP contribution in [0.1, 0.15) is 0 Å². The quantitative estimate of drug-likeness (QED) is 0.689. The molecule has 1 aromatic rings. The maximum atomic E-state index is 4.98. The molecule has 0 amide bonds. The molecule has 0 aliphatic rings. The van der Waals surface area contributed by atoms with Crippen molar-refractivity contribution in [3.05, 3.63) is 24.3 Å². The lowest BCUT2D eigenvalue weighted by Gasteiger charge is -2.08. The van der Waals surface area contributed by atoms with Crippen LogP contribution in [0.3, 0.4) is 0 Å². The highest BCUT2D eigenvalue weighted by Gasteiger charge is 1.95. The molecule has 0 radical (unpaired) electrons. The van der Waals surface area contributed by atoms with Gasteiger partial charge in [-0.1, -0.05) is 25.6 Å². The van der Waals surface area contributed by atoms with Crippen molar-refractivity contribution in [3.63, 3.8) is 0 Å². The van der Waals surface area contributed by atoms with E-state index >= 15 is 0 Å². The predicted molar refractivity (Wildman–Crippen MR) is 53.4 cm³/mol. The molecule has 0 aliphatic carbocycles. The molecular formula is C7H9NOS2. The summed E-state index contributed by atoms with van der Waals surface area (Å²) in [6, 6.07) is 7.46. The summed E-state index contributed by atoms with van der Waals surface area (Å²) >= 11 is 8.02. The summed E-state index contributed by atoms with van der Waals surface area (Å²) in [4.78, 5) is 0. The van der Waals surface area contributed by atoms with Crippen LogP contribution in [0, 0.1) is 0 Å². The largest absolute Gasteiger partial charge is 0.497 e. The molecule has 0 aliphatic heterocycles. The fourth-order valence-corrected chi connectivity index (χ4v) is 0.982. The van der Waals surface area contributed by atoms with Gasteiger partial charge in [-0.25, -0.2) is 0 Å². The smallest absolute Gasteiger partial charge is 0.119 e. The van der Waals surface area contributed by atoms with Crippen molar-refractivity contribution < 1.29 is 4.74 Å². The molecule has 0 aromatic heterocycles. The van der Waals surface area contributed by atoms with Gasteiger partial charge in [-0.2, -0.15) is 0 Å². The van der Waals surface area contributed by atoms with Gasteiger partial charge >= 0.3 is 0 Å². The van der Waals surface area contributed by atoms with E-state index in [-0.39, 0.29) is 0 Å². The average molecular weight is 187 g/mol. The summed E-state index contributed by atoms with van der Waals surface area (Å²) in [5, 5.41) is 0. The van der Waals surface area contributed by atoms with Crippen molar-refractivity contribution in [1.82, 2.24) is 0 Å². The molecule has 0 atom stereocenters. The van der Waals surface area contributed by atoms with Crippen molar-refractivity contribution in [1.29, 1.82) is 0 Å². The second-order valence-electron chi connectivity index (χ2n) is 1.99. The molecule has 0 saturated heterocycles. The Morgan fingerprint density at radius 2 is 1.73 bits per heavy atom. The Morgan fingerprint density at radius 1 is 1.18 bits per heavy atom. The predicted octanol–water partition coefficient (Wildman–Crippen LogP) is 2.19. The van der Waals surface area contributed by atoms with Crippen LogP contribution in [0.5, 0.6) is 5.75 Å². The molecule has 60 valence electrons. The zero-order valence-corrected chi connectivity index (χ0v) is 7.85. The number of hydrogen-bond donors (Lipinski definition) is 2. The topological polar surface area (TPSA) is 12.5 Å². The second-order valence-corrected chi connectivity index (χ2v) is 3.10. The van der Waals surface area contributed by atoms with Crippen molar-refractivity contribution in [3.8, 4) is 5.75 Å². The number of thiol groups is 2. The number of methoxy groups -OCH3 is 1. The molecular weight excluding hydrogens is 178 g/mol. The molecule has 0 N–H and O–H groups in total. The van der Waals surface area contributed by atoms with Crippen LogP contribution >= 0.6 is 25.6 Å². The zero-order valence-electron chi connectivity index (χ0n) is 6.06. The van der Waals surface area contributed by atoms with E-state index in [1.807, 2.05) is 24.3 Å². The molecule has 11 heavy (non-hydrogen) atoms. The van der Waals surface area contributed by atoms with Gasteiger partial charge in [0, 0.05) is 0 Å². The van der Waals surface area contributed by atoms with Crippen LogP contribution in [-0.2, 0) is 0 Å². The minimum atomic E-state index is 0.831. The number of nitrogens with zero attached hydrogens (tertiary/aromatic N) is 1. The third kappa shape index (κ3) is 2.24. The molecule has 4 heteroatoms. The van der Waals surface area contributed by atoms with Gasteiger partial charge in [0.05, 0.1) is 12.8 Å². The SMILES string of the molecule is COc1ccc(N(S)S)cc1. The summed E-state index contributed by atoms with van der Waals surface area (Å²) < 4.78 is 6.42. The van der Waals surface area contributed by atoms with Crippen molar-refractivity contribution in [2.75, 3.05) is 10.8 Å². The molecule has 1 rings (SSSR count). The number of anilines is 1. The summed E-state index contributed by atoms with van der Waals surface area (Å²) in [6.07, 6.45) is 0. The minimum Gasteiger partial charge on any atom is -0.497 e. The van der Waals surface area contributed by atoms with Gasteiger partial charge in [-0.3, -0.25) is 3.71 Å². The first-order valence-corrected chi connectivity index (χ1v) is 3.86. The van der Waals surface area contributed by atoms with Crippen molar-refractivity contribution in [2.24, 2.45) is 0 Å². The van der Waals surface area contributed by atoms with Gasteiger partial charge in [0.25, 0.3) is 0 Å². The first-order chi connectivity index (χ1) is 5.24. The summed E-state index contributed by atoms with van der Waals surface area (Å²) in [6.45, 7) is 0. The van der Waals surface area contributed by atoms with E-state index in [0.29, 0.717) is 0 Å². The Hall–Kier alpha value is -0.480. The highest BCUT2D eigenvalue weighted by atomic mass is 32.2. The van der Waals surface area contributed by atoms with Gasteiger partial charge in [-0.05, 0) is 24.3 Å². The van der Waals surface area contributed by atoms with E-state index in [0.717, 1.165) is 11.4 Å². The monoisotopic (exact) mass is 187 g/mol. The van der Waals surface area contributed by atoms with Crippen LogP contribution < -0.4 is 8.45 Å². The summed E-state index contributed by atoms with van der Waals surface area (Å²) in [5.74, 6) is 0.831. The number of ether oxygens (including phenoxy) is 1. The van der Waals surface area contributed by atoms with Gasteiger partial charge in [0.15, 0.2) is 0 Å². The standard InChI is InChI=1S/C7H9NOS2/c1-9-7-4-2-6(3-5-7)8(10)11/h2-5,10-11H,1H3. The highest BCUT2D eigenvalue weighted by molar-refractivity contribution is 8.00. The Labute approximate surface area is 77.3 Å². The zero-order chi connectivity index (χ0) is 8.27. The third-order valence-corrected chi connectivity index (χ3v) is 1.77. The second kappa shape index (κ2) is 3.78. The van der Waals surface area contributed by atoms with Crippen LogP contribution in [0.2, 0.25) is 0 Å². The Balaban J connectivity index is 2.83. The molecule has 0 bridgehead atoms. The maximum absolute atomic E-state index is 4.98. The Kier molecular flexibility index (Phi) is 2.96. The molecule has 0 spiro atoms. The molecule has 0 saturated carbocycles. The first-order valence-electron chi connectivity index (χ1n) is 3.06. The molecule has 2 nitrogen and oxygen atoms in total. The number of rotatable bonds is 2. The number of hydrogen-bond acceptors (Lipinski definition) is 4. The lowest BCUT2D eigenvalue weighted by molar-refractivity contribution is 0.415. The van der Waals surface area contributed by atoms with E-state index < -0.39 is 0 Å². The van der Waals surface area contributed by atoms with E-state index in [9.17, 15) is 0 Å². The van der Waals surface area contributed by atoms with Crippen LogP contribution in [0.4, 0.5) is 5.69 Å². The van der Waals surface area contributed by atoms with E-state index in [4.69, 9.17) is 4.74 Å². The Bertz CT molecular complexity index is 222. The average Bonchev–Trinajstić information content (AvgIpc) is 2.05. The summed E-state index contributed by atoms with van der Waals surface area (Å²) in [7, 11) is 1.63. The Morgan fingerprint density at radius 3 is 2.09 bits per heavy atom. The first kappa shape index (κ1) is 8.62. The molecule has 0 unspecified atom stereocenters. The van der Waals surface area contributed by atoms with Crippen LogP contribution in [0.25, 0.3) is 0 Å². The molecule has 1 aromatic carbocycles. The highest BCUT2D eigenvalue weighted by Crippen LogP contribution is 2.21. The molecule has 0 fully saturated rings. The normalized spacial score (nSPS) is 9.36. The van der Waals surface area contributed by atoms with E-state index in [1.54, 1.807) is 7.11 Å². The van der Waals surface area contributed by atoms with Crippen LogP contribution in [-0.4, -0.2) is 7.11 Å². The maximum Gasteiger partial charge on any atom is 0.119 e.